The average molecular weight is 606 g/mol. The minimum absolute atomic E-state index is 0.0281. The van der Waals surface area contributed by atoms with Crippen LogP contribution in [-0.4, -0.2) is 44.6 Å². The molecule has 0 atom stereocenters. The van der Waals surface area contributed by atoms with E-state index in [0.29, 0.717) is 10.8 Å². The summed E-state index contributed by atoms with van der Waals surface area (Å²) in [6, 6.07) is 13.7. The second-order valence-corrected chi connectivity index (χ2v) is 16.7. The van der Waals surface area contributed by atoms with Crippen LogP contribution in [0.1, 0.15) is 40.2 Å². The molecular weight excluding hydrogens is 562 g/mol. The first kappa shape index (κ1) is 32.1. The highest BCUT2D eigenvalue weighted by atomic mass is 127. The first-order valence-electron chi connectivity index (χ1n) is 11.6. The van der Waals surface area contributed by atoms with Crippen molar-refractivity contribution in [1.29, 1.82) is 0 Å². The Hall–Kier alpha value is -1.91. The summed E-state index contributed by atoms with van der Waals surface area (Å²) < 4.78 is 16.9. The minimum Gasteiger partial charge on any atom is -0.508 e. The maximum atomic E-state index is 9.96. The zero-order valence-electron chi connectivity index (χ0n) is 22.2. The minimum atomic E-state index is -1.00. The SMILES string of the molecule is CC(C)(C)[Si](C)(C)CI.CCc1ccc(O)cc1.OCc1ccc(O)cc1.[2H]CF.c1c[nH]cn1. The molecule has 0 amide bonds. The van der Waals surface area contributed by atoms with Gasteiger partial charge < -0.3 is 20.3 Å². The molecule has 2 aromatic carbocycles. The second-order valence-electron chi connectivity index (χ2n) is 8.87. The molecular formula is C26H42FIN2O3Si. The van der Waals surface area contributed by atoms with Crippen LogP contribution < -0.4 is 0 Å². The van der Waals surface area contributed by atoms with Gasteiger partial charge in [0.2, 0.25) is 0 Å². The number of aromatic amines is 1. The van der Waals surface area contributed by atoms with E-state index >= 15 is 0 Å². The Kier molecular flexibility index (Phi) is 18.3. The monoisotopic (exact) mass is 605 g/mol. The van der Waals surface area contributed by atoms with Crippen LogP contribution in [0, 0.1) is 0 Å². The summed E-state index contributed by atoms with van der Waals surface area (Å²) in [4.78, 5) is 6.42. The fraction of sp³-hybridized carbons (Fsp3) is 0.423. The van der Waals surface area contributed by atoms with Crippen LogP contribution >= 0.6 is 22.6 Å². The molecule has 1 heterocycles. The third-order valence-electron chi connectivity index (χ3n) is 5.23. The zero-order valence-corrected chi connectivity index (χ0v) is 24.4. The Bertz CT molecular complexity index is 782. The van der Waals surface area contributed by atoms with E-state index in [9.17, 15) is 4.39 Å². The van der Waals surface area contributed by atoms with E-state index in [1.165, 1.54) is 9.61 Å². The molecule has 0 bridgehead atoms. The molecule has 4 N–H and O–H groups in total. The lowest BCUT2D eigenvalue weighted by Crippen LogP contribution is -2.39. The number of phenols is 2. The van der Waals surface area contributed by atoms with E-state index in [4.69, 9.17) is 16.7 Å². The van der Waals surface area contributed by atoms with E-state index in [2.05, 4.69) is 73.3 Å². The lowest BCUT2D eigenvalue weighted by molar-refractivity contribution is 0.281. The number of nitrogens with one attached hydrogen (secondary N) is 1. The molecule has 0 radical (unpaired) electrons. The molecule has 8 heteroatoms. The van der Waals surface area contributed by atoms with E-state index in [0.717, 1.165) is 12.0 Å². The van der Waals surface area contributed by atoms with Crippen LogP contribution in [0.3, 0.4) is 0 Å². The highest BCUT2D eigenvalue weighted by Crippen LogP contribution is 2.36. The number of nitrogens with zero attached hydrogens (tertiary/aromatic N) is 1. The van der Waals surface area contributed by atoms with Gasteiger partial charge >= 0.3 is 0 Å². The Morgan fingerprint density at radius 1 is 1.00 bits per heavy atom. The zero-order chi connectivity index (χ0) is 27.3. The normalized spacial score (nSPS) is 10.4. The number of aliphatic hydroxyl groups excluding tert-OH is 1. The molecule has 0 aliphatic rings. The molecule has 3 rings (SSSR count). The molecule has 0 unspecified atom stereocenters. The number of rotatable bonds is 3. The Labute approximate surface area is 221 Å². The maximum absolute atomic E-state index is 9.96. The first-order valence-corrected chi connectivity index (χ1v) is 15.6. The van der Waals surface area contributed by atoms with Gasteiger partial charge in [-0.3, -0.25) is 4.39 Å². The number of phenolic OH excluding ortho intramolecular Hbond substituents is 2. The number of aromatic nitrogens is 2. The topological polar surface area (TPSA) is 89.4 Å². The van der Waals surface area contributed by atoms with Gasteiger partial charge in [-0.1, -0.05) is 87.6 Å². The molecule has 1 aromatic heterocycles. The maximum Gasteiger partial charge on any atom is 0.115 e. The summed E-state index contributed by atoms with van der Waals surface area (Å²) in [5.41, 5.74) is 2.07. The fourth-order valence-corrected chi connectivity index (χ4v) is 5.58. The molecule has 0 saturated carbocycles. The number of imidazole rings is 1. The van der Waals surface area contributed by atoms with E-state index in [1.807, 2.05) is 12.1 Å². The molecule has 3 aromatic rings. The summed E-state index contributed by atoms with van der Waals surface area (Å²) in [6.45, 7) is 14.1. The predicted octanol–water partition coefficient (Wildman–Crippen LogP) is 7.30. The Morgan fingerprint density at radius 3 is 1.65 bits per heavy atom. The molecule has 5 nitrogen and oxygen atoms in total. The summed E-state index contributed by atoms with van der Waals surface area (Å²) >= 11 is 2.52. The summed E-state index contributed by atoms with van der Waals surface area (Å²) in [7, 11) is -1.89. The predicted molar refractivity (Wildman–Crippen MR) is 153 cm³/mol. The van der Waals surface area contributed by atoms with Gasteiger partial charge in [-0.05, 0) is 50.9 Å². The lowest BCUT2D eigenvalue weighted by atomic mass is 10.2. The standard InChI is InChI=1S/C8H10O.C7H17ISi.C7H8O2.C3H4N2.CH3F/c1-2-7-3-5-8(9)6-4-7;1-7(2,3)9(4,5)6-8;8-5-6-1-3-7(9)4-2-6;1-2-5-3-4-1;1-2/h3-6,9H,2H2,1H3;6H2,1-5H3;1-4,8-9H,5H2;1-3H,(H,4,5);1H3/i;;;;1D. The van der Waals surface area contributed by atoms with Crippen molar-refractivity contribution in [3.63, 3.8) is 0 Å². The third-order valence-corrected chi connectivity index (χ3v) is 15.7. The largest absolute Gasteiger partial charge is 0.508 e. The van der Waals surface area contributed by atoms with Crippen LogP contribution in [0.15, 0.2) is 67.3 Å². The van der Waals surface area contributed by atoms with Crippen molar-refractivity contribution in [2.24, 2.45) is 0 Å². The van der Waals surface area contributed by atoms with Crippen molar-refractivity contribution in [3.8, 4) is 11.5 Å². The van der Waals surface area contributed by atoms with Crippen LogP contribution in [-0.2, 0) is 13.0 Å². The van der Waals surface area contributed by atoms with Crippen LogP contribution in [0.25, 0.3) is 0 Å². The van der Waals surface area contributed by atoms with E-state index < -0.39 is 15.2 Å². The van der Waals surface area contributed by atoms with Crippen molar-refractivity contribution in [2.75, 3.05) is 11.2 Å². The lowest BCUT2D eigenvalue weighted by Gasteiger charge is -2.35. The Balaban J connectivity index is 0. The Morgan fingerprint density at radius 2 is 1.44 bits per heavy atom. The number of aliphatic hydroxyl groups is 1. The van der Waals surface area contributed by atoms with Gasteiger partial charge in [0, 0.05) is 12.4 Å². The fourth-order valence-electron chi connectivity index (χ4n) is 1.75. The number of halogens is 2. The molecule has 192 valence electrons. The number of aryl methyl sites for hydroxylation is 1. The molecule has 0 fully saturated rings. The highest BCUT2D eigenvalue weighted by molar-refractivity contribution is 14.1. The molecule has 0 saturated heterocycles. The van der Waals surface area contributed by atoms with Crippen LogP contribution in [0.5, 0.6) is 11.5 Å². The summed E-state index contributed by atoms with van der Waals surface area (Å²) in [6.07, 6.45) is 6.11. The van der Waals surface area contributed by atoms with Crippen molar-refractivity contribution in [1.82, 2.24) is 9.97 Å². The highest BCUT2D eigenvalue weighted by Gasteiger charge is 2.33. The van der Waals surface area contributed by atoms with Gasteiger partial charge in [0.15, 0.2) is 0 Å². The quantitative estimate of drug-likeness (QED) is 0.143. The number of hydrogen-bond acceptors (Lipinski definition) is 4. The van der Waals surface area contributed by atoms with Crippen molar-refractivity contribution >= 4 is 30.7 Å². The molecule has 0 spiro atoms. The number of hydrogen-bond donors (Lipinski definition) is 4. The average Bonchev–Trinajstić information content (AvgIpc) is 3.41. The van der Waals surface area contributed by atoms with E-state index in [1.54, 1.807) is 55.1 Å². The first-order chi connectivity index (χ1) is 16.4. The number of aromatic hydroxyl groups is 2. The molecule has 0 aliphatic carbocycles. The third kappa shape index (κ3) is 16.7. The van der Waals surface area contributed by atoms with Gasteiger partial charge in [-0.2, -0.15) is 0 Å². The molecule has 0 aliphatic heterocycles. The summed E-state index contributed by atoms with van der Waals surface area (Å²) in [5.74, 6) is 0.569. The van der Waals surface area contributed by atoms with Gasteiger partial charge in [0.25, 0.3) is 0 Å². The van der Waals surface area contributed by atoms with Crippen molar-refractivity contribution in [2.45, 2.75) is 58.9 Å². The smallest absolute Gasteiger partial charge is 0.115 e. The van der Waals surface area contributed by atoms with Crippen molar-refractivity contribution < 1.29 is 21.1 Å². The van der Waals surface area contributed by atoms with Crippen molar-refractivity contribution in [3.05, 3.63) is 78.4 Å². The van der Waals surface area contributed by atoms with Gasteiger partial charge in [-0.25, -0.2) is 4.98 Å². The molecule has 34 heavy (non-hydrogen) atoms. The van der Waals surface area contributed by atoms with Gasteiger partial charge in [0.1, 0.15) is 11.5 Å². The number of H-pyrrole nitrogens is 1. The number of benzene rings is 2. The summed E-state index contributed by atoms with van der Waals surface area (Å²) in [5, 5.41) is 26.7. The van der Waals surface area contributed by atoms with Crippen LogP contribution in [0.4, 0.5) is 4.39 Å². The number of alkyl halides is 2. The second kappa shape index (κ2) is 19.4. The van der Waals surface area contributed by atoms with Gasteiger partial charge in [-0.15, -0.1) is 0 Å². The van der Waals surface area contributed by atoms with Crippen LogP contribution in [0.2, 0.25) is 18.1 Å². The van der Waals surface area contributed by atoms with Gasteiger partial charge in [0.05, 0.1) is 29.5 Å². The van der Waals surface area contributed by atoms with E-state index in [-0.39, 0.29) is 12.4 Å².